The molecule has 1 amide bonds. The molecule has 0 unspecified atom stereocenters. The first-order chi connectivity index (χ1) is 14.7. The maximum atomic E-state index is 12.8. The van der Waals surface area contributed by atoms with Crippen LogP contribution in [-0.2, 0) is 4.79 Å². The third kappa shape index (κ3) is 3.60. The first-order valence-corrected chi connectivity index (χ1v) is 10.7. The molecule has 0 spiro atoms. The second kappa shape index (κ2) is 7.98. The highest BCUT2D eigenvalue weighted by Crippen LogP contribution is 2.38. The Morgan fingerprint density at radius 2 is 1.87 bits per heavy atom. The number of carbonyl (C=O) groups is 1. The van der Waals surface area contributed by atoms with Crippen molar-refractivity contribution in [3.05, 3.63) is 60.3 Å². The monoisotopic (exact) mass is 402 g/mol. The van der Waals surface area contributed by atoms with E-state index in [1.807, 2.05) is 41.3 Å². The van der Waals surface area contributed by atoms with Gasteiger partial charge in [-0.3, -0.25) is 9.78 Å². The van der Waals surface area contributed by atoms with Crippen LogP contribution in [-0.4, -0.2) is 30.6 Å². The van der Waals surface area contributed by atoms with Crippen LogP contribution in [0.25, 0.3) is 10.9 Å². The van der Waals surface area contributed by atoms with E-state index in [9.17, 15) is 4.79 Å². The van der Waals surface area contributed by atoms with Crippen LogP contribution in [0.2, 0.25) is 0 Å². The van der Waals surface area contributed by atoms with Gasteiger partial charge in [0.2, 0.25) is 5.91 Å². The van der Waals surface area contributed by atoms with Gasteiger partial charge in [0.1, 0.15) is 0 Å². The summed E-state index contributed by atoms with van der Waals surface area (Å²) in [5.74, 6) is 1.80. The number of ether oxygens (including phenoxy) is 2. The molecule has 2 aliphatic rings. The number of hydrogen-bond acceptors (Lipinski definition) is 4. The number of aromatic nitrogens is 1. The highest BCUT2D eigenvalue weighted by atomic mass is 16.5. The Kier molecular flexibility index (Phi) is 5.03. The van der Waals surface area contributed by atoms with Gasteiger partial charge in [-0.25, -0.2) is 0 Å². The molecule has 3 aromatic rings. The summed E-state index contributed by atoms with van der Waals surface area (Å²) >= 11 is 0. The number of pyridine rings is 1. The number of carbonyl (C=O) groups excluding carboxylic acids is 1. The number of anilines is 1. The normalized spacial score (nSPS) is 19.6. The molecule has 0 bridgehead atoms. The van der Waals surface area contributed by atoms with Gasteiger partial charge < -0.3 is 14.4 Å². The van der Waals surface area contributed by atoms with Crippen LogP contribution in [0.15, 0.2) is 54.7 Å². The van der Waals surface area contributed by atoms with Crippen molar-refractivity contribution < 1.29 is 14.3 Å². The fourth-order valence-corrected chi connectivity index (χ4v) is 4.61. The fraction of sp³-hybridized carbons (Fsp3) is 0.360. The molecule has 5 rings (SSSR count). The number of fused-ring (bicyclic) bond motifs is 1. The molecule has 1 saturated heterocycles. The number of benzene rings is 2. The Morgan fingerprint density at radius 3 is 2.70 bits per heavy atom. The number of para-hydroxylation sites is 1. The van der Waals surface area contributed by atoms with Crippen LogP contribution in [0.1, 0.15) is 43.6 Å². The molecule has 154 valence electrons. The number of nitrogens with zero attached hydrogens (tertiary/aromatic N) is 2. The summed E-state index contributed by atoms with van der Waals surface area (Å²) in [5, 5.41) is 1.04. The zero-order valence-electron chi connectivity index (χ0n) is 17.2. The first kappa shape index (κ1) is 18.9. The van der Waals surface area contributed by atoms with Crippen molar-refractivity contribution in [1.82, 2.24) is 4.98 Å². The van der Waals surface area contributed by atoms with Crippen LogP contribution in [0.3, 0.4) is 0 Å². The molecule has 0 N–H and O–H groups in total. The first-order valence-electron chi connectivity index (χ1n) is 10.7. The second-order valence-corrected chi connectivity index (χ2v) is 8.23. The molecule has 1 aliphatic heterocycles. The number of rotatable bonds is 5. The van der Waals surface area contributed by atoms with Gasteiger partial charge in [-0.2, -0.15) is 0 Å². The molecule has 5 heteroatoms. The summed E-state index contributed by atoms with van der Waals surface area (Å²) in [4.78, 5) is 19.2. The topological polar surface area (TPSA) is 51.7 Å². The van der Waals surface area contributed by atoms with Gasteiger partial charge in [0.15, 0.2) is 11.5 Å². The number of amides is 1. The molecule has 2 fully saturated rings. The summed E-state index contributed by atoms with van der Waals surface area (Å²) < 4.78 is 11.8. The standard InChI is InChI=1S/C25H26N2O3/c1-29-23-11-10-17(13-24(23)30-21-7-3-4-8-21)19-14-25(28)27(16-19)20-12-18-6-2-5-9-22(18)26-15-20/h2,5-6,9-13,15,19,21H,3-4,7-8,14,16H2,1H3/t19-/m0/s1. The minimum absolute atomic E-state index is 0.126. The predicted molar refractivity (Wildman–Crippen MR) is 117 cm³/mol. The van der Waals surface area contributed by atoms with Crippen molar-refractivity contribution in [3.63, 3.8) is 0 Å². The Morgan fingerprint density at radius 1 is 1.03 bits per heavy atom. The molecule has 1 aromatic heterocycles. The van der Waals surface area contributed by atoms with E-state index in [1.165, 1.54) is 12.8 Å². The van der Waals surface area contributed by atoms with Gasteiger partial charge in [0, 0.05) is 24.3 Å². The van der Waals surface area contributed by atoms with E-state index in [2.05, 4.69) is 17.1 Å². The highest BCUT2D eigenvalue weighted by molar-refractivity contribution is 5.98. The molecular weight excluding hydrogens is 376 g/mol. The molecule has 2 heterocycles. The van der Waals surface area contributed by atoms with Crippen molar-refractivity contribution in [2.75, 3.05) is 18.6 Å². The van der Waals surface area contributed by atoms with Crippen LogP contribution in [0.4, 0.5) is 5.69 Å². The predicted octanol–water partition coefficient (Wildman–Crippen LogP) is 5.09. The van der Waals surface area contributed by atoms with Crippen LogP contribution in [0.5, 0.6) is 11.5 Å². The average Bonchev–Trinajstić information content (AvgIpc) is 3.43. The van der Waals surface area contributed by atoms with Gasteiger partial charge in [0.05, 0.1) is 30.6 Å². The minimum atomic E-state index is 0.126. The maximum Gasteiger partial charge on any atom is 0.227 e. The molecular formula is C25H26N2O3. The minimum Gasteiger partial charge on any atom is -0.493 e. The van der Waals surface area contributed by atoms with E-state index in [1.54, 1.807) is 13.3 Å². The van der Waals surface area contributed by atoms with Gasteiger partial charge in [-0.1, -0.05) is 24.3 Å². The van der Waals surface area contributed by atoms with E-state index in [4.69, 9.17) is 9.47 Å². The summed E-state index contributed by atoms with van der Waals surface area (Å²) in [7, 11) is 1.67. The van der Waals surface area contributed by atoms with E-state index >= 15 is 0 Å². The zero-order valence-corrected chi connectivity index (χ0v) is 17.2. The Bertz CT molecular complexity index is 1070. The van der Waals surface area contributed by atoms with Gasteiger partial charge >= 0.3 is 0 Å². The lowest BCUT2D eigenvalue weighted by atomic mass is 9.98. The summed E-state index contributed by atoms with van der Waals surface area (Å²) in [6, 6.07) is 16.1. The number of hydrogen-bond donors (Lipinski definition) is 0. The summed E-state index contributed by atoms with van der Waals surface area (Å²) in [6.07, 6.45) is 7.18. The average molecular weight is 402 g/mol. The zero-order chi connectivity index (χ0) is 20.5. The fourth-order valence-electron chi connectivity index (χ4n) is 4.61. The maximum absolute atomic E-state index is 12.8. The third-order valence-corrected chi connectivity index (χ3v) is 6.27. The largest absolute Gasteiger partial charge is 0.493 e. The lowest BCUT2D eigenvalue weighted by Crippen LogP contribution is -2.24. The Labute approximate surface area is 176 Å². The quantitative estimate of drug-likeness (QED) is 0.597. The van der Waals surface area contributed by atoms with E-state index in [-0.39, 0.29) is 17.9 Å². The molecule has 30 heavy (non-hydrogen) atoms. The lowest BCUT2D eigenvalue weighted by Gasteiger charge is -2.19. The van der Waals surface area contributed by atoms with E-state index in [0.29, 0.717) is 13.0 Å². The highest BCUT2D eigenvalue weighted by Gasteiger charge is 2.32. The van der Waals surface area contributed by atoms with Crippen molar-refractivity contribution in [2.45, 2.75) is 44.1 Å². The molecule has 1 aliphatic carbocycles. The van der Waals surface area contributed by atoms with E-state index in [0.717, 1.165) is 46.5 Å². The lowest BCUT2D eigenvalue weighted by molar-refractivity contribution is -0.117. The third-order valence-electron chi connectivity index (χ3n) is 6.27. The Hall–Kier alpha value is -3.08. The van der Waals surface area contributed by atoms with Gasteiger partial charge in [-0.15, -0.1) is 0 Å². The van der Waals surface area contributed by atoms with Crippen molar-refractivity contribution in [3.8, 4) is 11.5 Å². The smallest absolute Gasteiger partial charge is 0.227 e. The molecule has 0 radical (unpaired) electrons. The van der Waals surface area contributed by atoms with Crippen molar-refractivity contribution >= 4 is 22.5 Å². The summed E-state index contributed by atoms with van der Waals surface area (Å²) in [6.45, 7) is 0.647. The van der Waals surface area contributed by atoms with Crippen LogP contribution >= 0.6 is 0 Å². The summed E-state index contributed by atoms with van der Waals surface area (Å²) in [5.41, 5.74) is 2.92. The molecule has 1 saturated carbocycles. The second-order valence-electron chi connectivity index (χ2n) is 8.23. The van der Waals surface area contributed by atoms with Crippen LogP contribution < -0.4 is 14.4 Å². The molecule has 2 aromatic carbocycles. The van der Waals surface area contributed by atoms with Crippen LogP contribution in [0, 0.1) is 0 Å². The number of methoxy groups -OCH3 is 1. The van der Waals surface area contributed by atoms with Crippen molar-refractivity contribution in [1.29, 1.82) is 0 Å². The van der Waals surface area contributed by atoms with Crippen molar-refractivity contribution in [2.24, 2.45) is 0 Å². The molecule has 5 nitrogen and oxygen atoms in total. The Balaban J connectivity index is 1.39. The van der Waals surface area contributed by atoms with E-state index < -0.39 is 0 Å². The van der Waals surface area contributed by atoms with Gasteiger partial charge in [-0.05, 0) is 55.5 Å². The SMILES string of the molecule is COc1ccc([C@H]2CC(=O)N(c3cnc4ccccc4c3)C2)cc1OC1CCCC1. The van der Waals surface area contributed by atoms with Gasteiger partial charge in [0.25, 0.3) is 0 Å². The molecule has 1 atom stereocenters.